The highest BCUT2D eigenvalue weighted by atomic mass is 16.1. The fourth-order valence-electron chi connectivity index (χ4n) is 1.96. The number of hydrogen-bond donors (Lipinski definition) is 2. The molecule has 0 bridgehead atoms. The molecular weight excluding hydrogens is 242 g/mol. The van der Waals surface area contributed by atoms with E-state index in [4.69, 9.17) is 5.73 Å². The van der Waals surface area contributed by atoms with E-state index in [2.05, 4.69) is 36.2 Å². The molecule has 19 heavy (non-hydrogen) atoms. The molecule has 108 valence electrons. The number of aryl methyl sites for hydroxylation is 1. The highest BCUT2D eigenvalue weighted by Gasteiger charge is 2.23. The maximum atomic E-state index is 12.0. The van der Waals surface area contributed by atoms with Crippen LogP contribution in [0.1, 0.15) is 33.0 Å². The number of hydrogen-bond acceptors (Lipinski definition) is 4. The number of nitrogens with one attached hydrogen (secondary N) is 1. The van der Waals surface area contributed by atoms with Gasteiger partial charge in [0.1, 0.15) is 6.33 Å². The quantitative estimate of drug-likeness (QED) is 0.785. The minimum absolute atomic E-state index is 0.0216. The predicted octanol–water partition coefficient (Wildman–Crippen LogP) is 0.485. The van der Waals surface area contributed by atoms with Crippen LogP contribution < -0.4 is 11.1 Å². The minimum atomic E-state index is -0.128. The zero-order valence-electron chi connectivity index (χ0n) is 12.3. The van der Waals surface area contributed by atoms with Crippen molar-refractivity contribution in [1.29, 1.82) is 0 Å². The van der Waals surface area contributed by atoms with E-state index >= 15 is 0 Å². The lowest BCUT2D eigenvalue weighted by molar-refractivity contribution is -0.125. The average molecular weight is 267 g/mol. The van der Waals surface area contributed by atoms with E-state index in [0.717, 1.165) is 12.2 Å². The minimum Gasteiger partial charge on any atom is -0.355 e. The van der Waals surface area contributed by atoms with Crippen molar-refractivity contribution in [2.45, 2.75) is 33.6 Å². The Balaban J connectivity index is 2.36. The molecular formula is C13H25N5O. The van der Waals surface area contributed by atoms with Gasteiger partial charge in [0.15, 0.2) is 5.82 Å². The molecule has 0 saturated heterocycles. The van der Waals surface area contributed by atoms with E-state index in [-0.39, 0.29) is 17.2 Å². The van der Waals surface area contributed by atoms with Crippen molar-refractivity contribution in [2.75, 3.05) is 13.1 Å². The van der Waals surface area contributed by atoms with Crippen molar-refractivity contribution < 1.29 is 4.79 Å². The number of nitrogens with zero attached hydrogens (tertiary/aromatic N) is 3. The Kier molecular flexibility index (Phi) is 5.47. The topological polar surface area (TPSA) is 85.8 Å². The van der Waals surface area contributed by atoms with Gasteiger partial charge in [0.25, 0.3) is 0 Å². The number of aromatic nitrogens is 3. The summed E-state index contributed by atoms with van der Waals surface area (Å²) in [5, 5.41) is 7.07. The number of amides is 1. The highest BCUT2D eigenvalue weighted by molar-refractivity contribution is 5.78. The number of nitrogens with two attached hydrogens (primary N) is 1. The molecule has 0 aliphatic heterocycles. The number of rotatable bonds is 6. The molecule has 0 radical (unpaired) electrons. The molecule has 1 aromatic rings. The summed E-state index contributed by atoms with van der Waals surface area (Å²) in [5.74, 6) is 0.632. The van der Waals surface area contributed by atoms with E-state index in [1.807, 2.05) is 7.05 Å². The third-order valence-electron chi connectivity index (χ3n) is 2.81. The van der Waals surface area contributed by atoms with Gasteiger partial charge in [-0.05, 0) is 11.8 Å². The molecule has 1 rings (SSSR count). The van der Waals surface area contributed by atoms with Gasteiger partial charge in [-0.1, -0.05) is 20.8 Å². The van der Waals surface area contributed by atoms with Crippen LogP contribution in [0.4, 0.5) is 0 Å². The number of carbonyl (C=O) groups excluding carboxylic acids is 1. The Morgan fingerprint density at radius 1 is 1.53 bits per heavy atom. The van der Waals surface area contributed by atoms with Gasteiger partial charge >= 0.3 is 0 Å². The zero-order chi connectivity index (χ0) is 14.5. The summed E-state index contributed by atoms with van der Waals surface area (Å²) in [7, 11) is 1.82. The standard InChI is InChI=1S/C13H25N5O/c1-13(2,3)7-10(8-14)12(19)15-6-5-11-16-9-18(4)17-11/h9-10H,5-8,14H2,1-4H3,(H,15,19). The Morgan fingerprint density at radius 3 is 2.68 bits per heavy atom. The molecule has 0 saturated carbocycles. The molecule has 0 spiro atoms. The van der Waals surface area contributed by atoms with Gasteiger partial charge in [0, 0.05) is 26.6 Å². The van der Waals surface area contributed by atoms with Gasteiger partial charge in [0.05, 0.1) is 5.92 Å². The summed E-state index contributed by atoms with van der Waals surface area (Å²) in [6.45, 7) is 7.26. The lowest BCUT2D eigenvalue weighted by Gasteiger charge is -2.24. The third-order valence-corrected chi connectivity index (χ3v) is 2.81. The fourth-order valence-corrected chi connectivity index (χ4v) is 1.96. The smallest absolute Gasteiger partial charge is 0.224 e. The summed E-state index contributed by atoms with van der Waals surface area (Å²) >= 11 is 0. The molecule has 0 fully saturated rings. The van der Waals surface area contributed by atoms with Crippen LogP contribution in [0.2, 0.25) is 0 Å². The molecule has 3 N–H and O–H groups in total. The lowest BCUT2D eigenvalue weighted by atomic mass is 9.84. The summed E-state index contributed by atoms with van der Waals surface area (Å²) in [6, 6.07) is 0. The maximum Gasteiger partial charge on any atom is 0.224 e. The van der Waals surface area contributed by atoms with Crippen LogP contribution in [0.15, 0.2) is 6.33 Å². The van der Waals surface area contributed by atoms with Gasteiger partial charge in [-0.15, -0.1) is 0 Å². The second-order valence-electron chi connectivity index (χ2n) is 6.07. The first-order valence-electron chi connectivity index (χ1n) is 6.64. The van der Waals surface area contributed by atoms with Gasteiger partial charge in [-0.2, -0.15) is 5.10 Å². The zero-order valence-corrected chi connectivity index (χ0v) is 12.3. The van der Waals surface area contributed by atoms with Crippen LogP contribution in [-0.4, -0.2) is 33.8 Å². The van der Waals surface area contributed by atoms with Crippen LogP contribution >= 0.6 is 0 Å². The second kappa shape index (κ2) is 6.65. The summed E-state index contributed by atoms with van der Waals surface area (Å²) in [4.78, 5) is 16.1. The van der Waals surface area contributed by atoms with E-state index < -0.39 is 0 Å². The molecule has 0 aliphatic carbocycles. The first-order valence-corrected chi connectivity index (χ1v) is 6.64. The van der Waals surface area contributed by atoms with Crippen molar-refractivity contribution in [3.63, 3.8) is 0 Å². The molecule has 1 amide bonds. The molecule has 0 aliphatic rings. The largest absolute Gasteiger partial charge is 0.355 e. The maximum absolute atomic E-state index is 12.0. The van der Waals surface area contributed by atoms with Gasteiger partial charge < -0.3 is 11.1 Å². The van der Waals surface area contributed by atoms with Crippen molar-refractivity contribution in [3.05, 3.63) is 12.2 Å². The SMILES string of the molecule is Cn1cnc(CCNC(=O)C(CN)CC(C)(C)C)n1. The van der Waals surface area contributed by atoms with Crippen molar-refractivity contribution in [2.24, 2.45) is 24.1 Å². The molecule has 0 aromatic carbocycles. The van der Waals surface area contributed by atoms with Crippen LogP contribution in [0.25, 0.3) is 0 Å². The highest BCUT2D eigenvalue weighted by Crippen LogP contribution is 2.23. The van der Waals surface area contributed by atoms with Crippen LogP contribution in [-0.2, 0) is 18.3 Å². The van der Waals surface area contributed by atoms with E-state index in [0.29, 0.717) is 19.5 Å². The van der Waals surface area contributed by atoms with Crippen LogP contribution in [0.5, 0.6) is 0 Å². The predicted molar refractivity (Wildman–Crippen MR) is 74.3 cm³/mol. The molecule has 1 aromatic heterocycles. The van der Waals surface area contributed by atoms with Gasteiger partial charge in [-0.3, -0.25) is 9.48 Å². The number of carbonyl (C=O) groups is 1. The van der Waals surface area contributed by atoms with Crippen molar-refractivity contribution >= 4 is 5.91 Å². The molecule has 6 nitrogen and oxygen atoms in total. The van der Waals surface area contributed by atoms with Crippen LogP contribution in [0.3, 0.4) is 0 Å². The van der Waals surface area contributed by atoms with E-state index in [1.54, 1.807) is 11.0 Å². The van der Waals surface area contributed by atoms with Crippen LogP contribution in [0, 0.1) is 11.3 Å². The first kappa shape index (κ1) is 15.6. The fraction of sp³-hybridized carbons (Fsp3) is 0.769. The van der Waals surface area contributed by atoms with Gasteiger partial charge in [-0.25, -0.2) is 4.98 Å². The van der Waals surface area contributed by atoms with E-state index in [1.165, 1.54) is 0 Å². The Bertz CT molecular complexity index is 407. The third kappa shape index (κ3) is 5.83. The van der Waals surface area contributed by atoms with Crippen molar-refractivity contribution in [3.8, 4) is 0 Å². The Hall–Kier alpha value is -1.43. The Morgan fingerprint density at radius 2 is 2.21 bits per heavy atom. The molecule has 1 heterocycles. The van der Waals surface area contributed by atoms with E-state index in [9.17, 15) is 4.79 Å². The monoisotopic (exact) mass is 267 g/mol. The van der Waals surface area contributed by atoms with Crippen molar-refractivity contribution in [1.82, 2.24) is 20.1 Å². The lowest BCUT2D eigenvalue weighted by Crippen LogP contribution is -2.38. The molecule has 1 unspecified atom stereocenters. The molecule has 1 atom stereocenters. The molecule has 6 heteroatoms. The summed E-state index contributed by atoms with van der Waals surface area (Å²) < 4.78 is 1.65. The summed E-state index contributed by atoms with van der Waals surface area (Å²) in [6.07, 6.45) is 3.08. The summed E-state index contributed by atoms with van der Waals surface area (Å²) in [5.41, 5.74) is 5.78. The Labute approximate surface area is 114 Å². The first-order chi connectivity index (χ1) is 8.81. The average Bonchev–Trinajstić information content (AvgIpc) is 2.70. The van der Waals surface area contributed by atoms with Gasteiger partial charge in [0.2, 0.25) is 5.91 Å². The second-order valence-corrected chi connectivity index (χ2v) is 6.07. The normalized spacial score (nSPS) is 13.3.